The Kier molecular flexibility index (Phi) is 5.24. The number of nitrogens with zero attached hydrogens (tertiary/aromatic N) is 3. The minimum atomic E-state index is 0.608. The lowest BCUT2D eigenvalue weighted by Gasteiger charge is -2.16. The lowest BCUT2D eigenvalue weighted by atomic mass is 10.2. The van der Waals surface area contributed by atoms with E-state index in [0.717, 1.165) is 25.5 Å². The summed E-state index contributed by atoms with van der Waals surface area (Å²) < 4.78 is 1.83. The van der Waals surface area contributed by atoms with E-state index in [1.165, 1.54) is 31.2 Å². The average molecular weight is 263 g/mol. The van der Waals surface area contributed by atoms with Gasteiger partial charge in [0, 0.05) is 32.4 Å². The molecule has 1 fully saturated rings. The third-order valence-corrected chi connectivity index (χ3v) is 3.47. The Labute approximate surface area is 115 Å². The summed E-state index contributed by atoms with van der Waals surface area (Å²) in [6.45, 7) is 3.81. The van der Waals surface area contributed by atoms with Crippen LogP contribution in [0.4, 0.5) is 0 Å². The molecular formula is C14H25N5. The van der Waals surface area contributed by atoms with Crippen LogP contribution in [0, 0.1) is 0 Å². The van der Waals surface area contributed by atoms with E-state index in [-0.39, 0.29) is 0 Å². The summed E-state index contributed by atoms with van der Waals surface area (Å²) in [5, 5.41) is 11.0. The van der Waals surface area contributed by atoms with Crippen LogP contribution in [0.1, 0.15) is 38.2 Å². The van der Waals surface area contributed by atoms with E-state index in [1.54, 1.807) is 0 Å². The monoisotopic (exact) mass is 263 g/mol. The number of hydrogen-bond acceptors (Lipinski definition) is 2. The number of guanidine groups is 1. The number of hydrogen-bond donors (Lipinski definition) is 2. The third kappa shape index (κ3) is 4.58. The molecule has 106 valence electrons. The number of aromatic nitrogens is 2. The van der Waals surface area contributed by atoms with Crippen molar-refractivity contribution in [2.45, 2.75) is 45.1 Å². The quantitative estimate of drug-likeness (QED) is 0.624. The van der Waals surface area contributed by atoms with Crippen LogP contribution in [0.25, 0.3) is 0 Å². The summed E-state index contributed by atoms with van der Waals surface area (Å²) in [7, 11) is 1.94. The number of aliphatic imine (C=N–C) groups is 1. The van der Waals surface area contributed by atoms with E-state index in [0.29, 0.717) is 6.04 Å². The first-order valence-electron chi connectivity index (χ1n) is 7.30. The molecule has 1 aliphatic carbocycles. The fourth-order valence-corrected chi connectivity index (χ4v) is 2.48. The van der Waals surface area contributed by atoms with Gasteiger partial charge in [-0.25, -0.2) is 0 Å². The van der Waals surface area contributed by atoms with E-state index in [2.05, 4.69) is 27.6 Å². The minimum absolute atomic E-state index is 0.608. The Balaban J connectivity index is 1.81. The summed E-state index contributed by atoms with van der Waals surface area (Å²) in [6, 6.07) is 0.608. The smallest absolute Gasteiger partial charge is 0.191 e. The van der Waals surface area contributed by atoms with Crippen LogP contribution in [0.5, 0.6) is 0 Å². The summed E-state index contributed by atoms with van der Waals surface area (Å²) in [5.74, 6) is 0.957. The maximum absolute atomic E-state index is 4.64. The minimum Gasteiger partial charge on any atom is -0.357 e. The molecule has 0 saturated heterocycles. The van der Waals surface area contributed by atoms with Crippen LogP contribution in [0.2, 0.25) is 0 Å². The highest BCUT2D eigenvalue weighted by Gasteiger charge is 2.15. The maximum Gasteiger partial charge on any atom is 0.191 e. The van der Waals surface area contributed by atoms with Crippen molar-refractivity contribution >= 4 is 5.96 Å². The van der Waals surface area contributed by atoms with Gasteiger partial charge in [-0.2, -0.15) is 5.10 Å². The molecule has 5 nitrogen and oxygen atoms in total. The van der Waals surface area contributed by atoms with E-state index >= 15 is 0 Å². The molecule has 1 saturated carbocycles. The predicted molar refractivity (Wildman–Crippen MR) is 78.3 cm³/mol. The lowest BCUT2D eigenvalue weighted by molar-refractivity contribution is 0.614. The summed E-state index contributed by atoms with van der Waals surface area (Å²) in [6.07, 6.45) is 10.1. The summed E-state index contributed by atoms with van der Waals surface area (Å²) in [5.41, 5.74) is 1.24. The lowest BCUT2D eigenvalue weighted by Crippen LogP contribution is -2.42. The predicted octanol–water partition coefficient (Wildman–Crippen LogP) is 1.46. The normalized spacial score (nSPS) is 16.8. The van der Waals surface area contributed by atoms with Gasteiger partial charge in [0.2, 0.25) is 0 Å². The Morgan fingerprint density at radius 1 is 1.47 bits per heavy atom. The highest BCUT2D eigenvalue weighted by molar-refractivity contribution is 5.80. The van der Waals surface area contributed by atoms with E-state index in [9.17, 15) is 0 Å². The molecular weight excluding hydrogens is 238 g/mol. The van der Waals surface area contributed by atoms with Gasteiger partial charge in [-0.15, -0.1) is 0 Å². The molecule has 1 aromatic rings. The zero-order chi connectivity index (χ0) is 13.5. The number of rotatable bonds is 5. The number of aryl methyl sites for hydroxylation is 1. The molecule has 0 atom stereocenters. The molecule has 0 bridgehead atoms. The molecule has 2 N–H and O–H groups in total. The Bertz CT molecular complexity index is 404. The van der Waals surface area contributed by atoms with E-state index in [4.69, 9.17) is 0 Å². The van der Waals surface area contributed by atoms with Gasteiger partial charge in [-0.1, -0.05) is 12.8 Å². The summed E-state index contributed by atoms with van der Waals surface area (Å²) >= 11 is 0. The molecule has 1 heterocycles. The van der Waals surface area contributed by atoms with Gasteiger partial charge < -0.3 is 10.6 Å². The molecule has 2 rings (SSSR count). The molecule has 1 aromatic heterocycles. The van der Waals surface area contributed by atoms with Crippen LogP contribution in [0.15, 0.2) is 17.4 Å². The van der Waals surface area contributed by atoms with Gasteiger partial charge in [-0.05, 0) is 31.7 Å². The van der Waals surface area contributed by atoms with Crippen molar-refractivity contribution in [2.24, 2.45) is 12.0 Å². The molecule has 1 aliphatic rings. The molecule has 0 radical (unpaired) electrons. The summed E-state index contributed by atoms with van der Waals surface area (Å²) in [4.78, 5) is 4.64. The molecule has 0 aromatic carbocycles. The Morgan fingerprint density at radius 2 is 2.26 bits per heavy atom. The molecule has 19 heavy (non-hydrogen) atoms. The third-order valence-electron chi connectivity index (χ3n) is 3.47. The average Bonchev–Trinajstić information content (AvgIpc) is 3.01. The van der Waals surface area contributed by atoms with Crippen molar-refractivity contribution in [1.82, 2.24) is 20.4 Å². The largest absolute Gasteiger partial charge is 0.357 e. The van der Waals surface area contributed by atoms with E-state index < -0.39 is 0 Å². The Hall–Kier alpha value is -1.52. The van der Waals surface area contributed by atoms with Crippen LogP contribution < -0.4 is 10.6 Å². The maximum atomic E-state index is 4.64. The standard InChI is InChI=1S/C14H25N5/c1-3-15-14(18-13-6-4-5-7-13)16-9-8-12-10-17-19(2)11-12/h10-11,13H,3-9H2,1-2H3,(H2,15,16,18). The van der Waals surface area contributed by atoms with Crippen molar-refractivity contribution in [1.29, 1.82) is 0 Å². The fourth-order valence-electron chi connectivity index (χ4n) is 2.48. The Morgan fingerprint density at radius 3 is 2.89 bits per heavy atom. The zero-order valence-corrected chi connectivity index (χ0v) is 12.0. The van der Waals surface area contributed by atoms with Crippen LogP contribution in [-0.4, -0.2) is 34.9 Å². The van der Waals surface area contributed by atoms with Crippen molar-refractivity contribution < 1.29 is 0 Å². The van der Waals surface area contributed by atoms with Gasteiger partial charge in [-0.3, -0.25) is 9.67 Å². The highest BCUT2D eigenvalue weighted by Crippen LogP contribution is 2.17. The van der Waals surface area contributed by atoms with E-state index in [1.807, 2.05) is 24.1 Å². The van der Waals surface area contributed by atoms with Gasteiger partial charge in [0.25, 0.3) is 0 Å². The first kappa shape index (κ1) is 13.9. The van der Waals surface area contributed by atoms with Crippen LogP contribution in [0.3, 0.4) is 0 Å². The molecule has 0 aliphatic heterocycles. The second-order valence-corrected chi connectivity index (χ2v) is 5.16. The van der Waals surface area contributed by atoms with Gasteiger partial charge >= 0.3 is 0 Å². The zero-order valence-electron chi connectivity index (χ0n) is 12.0. The SMILES string of the molecule is CCNC(=NCCc1cnn(C)c1)NC1CCCC1. The second-order valence-electron chi connectivity index (χ2n) is 5.16. The molecule has 5 heteroatoms. The van der Waals surface area contributed by atoms with Crippen molar-refractivity contribution in [3.8, 4) is 0 Å². The molecule has 0 spiro atoms. The molecule has 0 amide bonds. The van der Waals surface area contributed by atoms with Gasteiger partial charge in [0.15, 0.2) is 5.96 Å². The fraction of sp³-hybridized carbons (Fsp3) is 0.714. The number of nitrogens with one attached hydrogen (secondary N) is 2. The molecule has 0 unspecified atom stereocenters. The highest BCUT2D eigenvalue weighted by atomic mass is 15.2. The first-order chi connectivity index (χ1) is 9.28. The van der Waals surface area contributed by atoms with Gasteiger partial charge in [0.05, 0.1) is 6.20 Å². The van der Waals surface area contributed by atoms with Crippen molar-refractivity contribution in [3.63, 3.8) is 0 Å². The van der Waals surface area contributed by atoms with Crippen molar-refractivity contribution in [3.05, 3.63) is 18.0 Å². The van der Waals surface area contributed by atoms with Crippen LogP contribution in [-0.2, 0) is 13.5 Å². The van der Waals surface area contributed by atoms with Gasteiger partial charge in [0.1, 0.15) is 0 Å². The first-order valence-corrected chi connectivity index (χ1v) is 7.30. The van der Waals surface area contributed by atoms with Crippen molar-refractivity contribution in [2.75, 3.05) is 13.1 Å². The second kappa shape index (κ2) is 7.16. The van der Waals surface area contributed by atoms with Crippen LogP contribution >= 0.6 is 0 Å². The topological polar surface area (TPSA) is 54.2 Å².